The summed E-state index contributed by atoms with van der Waals surface area (Å²) in [5, 5.41) is 3.19. The van der Waals surface area contributed by atoms with Crippen molar-refractivity contribution in [2.45, 2.75) is 44.4 Å². The summed E-state index contributed by atoms with van der Waals surface area (Å²) in [6.07, 6.45) is 0.949. The van der Waals surface area contributed by atoms with Gasteiger partial charge >= 0.3 is 5.97 Å². The molecule has 1 N–H and O–H groups in total. The Labute approximate surface area is 84.0 Å². The molecule has 0 saturated carbocycles. The van der Waals surface area contributed by atoms with Gasteiger partial charge < -0.3 is 9.47 Å². The zero-order chi connectivity index (χ0) is 10.4. The normalized spacial score (nSPS) is 36.1. The van der Waals surface area contributed by atoms with Crippen LogP contribution < -0.4 is 5.32 Å². The average molecular weight is 199 g/mol. The third-order valence-corrected chi connectivity index (χ3v) is 2.60. The van der Waals surface area contributed by atoms with Gasteiger partial charge in [-0.25, -0.2) is 4.79 Å². The minimum absolute atomic E-state index is 0.176. The molecular formula is C10H17NO3. The molecule has 14 heavy (non-hydrogen) atoms. The molecule has 0 amide bonds. The molecule has 2 unspecified atom stereocenters. The van der Waals surface area contributed by atoms with Crippen LogP contribution in [0.3, 0.4) is 0 Å². The van der Waals surface area contributed by atoms with E-state index in [4.69, 9.17) is 9.47 Å². The van der Waals surface area contributed by atoms with Crippen molar-refractivity contribution in [1.82, 2.24) is 5.32 Å². The first-order valence-corrected chi connectivity index (χ1v) is 5.01. The molecule has 4 nitrogen and oxygen atoms in total. The second-order valence-electron chi connectivity index (χ2n) is 5.10. The van der Waals surface area contributed by atoms with Crippen LogP contribution in [0.15, 0.2) is 0 Å². The molecule has 2 atom stereocenters. The molecule has 2 aliphatic rings. The van der Waals surface area contributed by atoms with E-state index in [0.29, 0.717) is 6.61 Å². The third-order valence-electron chi connectivity index (χ3n) is 2.60. The van der Waals surface area contributed by atoms with E-state index in [0.717, 1.165) is 13.0 Å². The lowest BCUT2D eigenvalue weighted by atomic mass is 10.0. The minimum atomic E-state index is -0.558. The summed E-state index contributed by atoms with van der Waals surface area (Å²) in [5.74, 6) is -0.176. The Morgan fingerprint density at radius 3 is 2.64 bits per heavy atom. The Morgan fingerprint density at radius 1 is 1.57 bits per heavy atom. The molecule has 0 aromatic heterocycles. The maximum Gasteiger partial charge on any atom is 0.329 e. The first kappa shape index (κ1) is 9.93. The van der Waals surface area contributed by atoms with E-state index < -0.39 is 11.1 Å². The van der Waals surface area contributed by atoms with Crippen LogP contribution in [0.25, 0.3) is 0 Å². The number of fused-ring (bicyclic) bond motifs is 2. The highest BCUT2D eigenvalue weighted by Crippen LogP contribution is 2.32. The number of hydrogen-bond donors (Lipinski definition) is 1. The van der Waals surface area contributed by atoms with Crippen LogP contribution >= 0.6 is 0 Å². The number of esters is 1. The lowest BCUT2D eigenvalue weighted by molar-refractivity contribution is -0.163. The van der Waals surface area contributed by atoms with E-state index in [2.05, 4.69) is 5.32 Å². The number of nitrogens with one attached hydrogen (secondary N) is 1. The summed E-state index contributed by atoms with van der Waals surface area (Å²) in [6.45, 7) is 6.85. The predicted octanol–water partition coefficient (Wildman–Crippen LogP) is 0.459. The Bertz CT molecular complexity index is 249. The van der Waals surface area contributed by atoms with E-state index in [1.54, 1.807) is 0 Å². The molecule has 0 spiro atoms. The van der Waals surface area contributed by atoms with Gasteiger partial charge in [-0.3, -0.25) is 5.32 Å². The fraction of sp³-hybridized carbons (Fsp3) is 0.900. The van der Waals surface area contributed by atoms with Crippen molar-refractivity contribution in [3.8, 4) is 0 Å². The Morgan fingerprint density at radius 2 is 2.29 bits per heavy atom. The minimum Gasteiger partial charge on any atom is -0.459 e. The fourth-order valence-electron chi connectivity index (χ4n) is 1.92. The molecule has 2 bridgehead atoms. The van der Waals surface area contributed by atoms with Gasteiger partial charge in [-0.1, -0.05) is 0 Å². The van der Waals surface area contributed by atoms with Gasteiger partial charge in [-0.15, -0.1) is 0 Å². The molecule has 2 rings (SSSR count). The van der Waals surface area contributed by atoms with Crippen LogP contribution in [0.5, 0.6) is 0 Å². The van der Waals surface area contributed by atoms with Gasteiger partial charge in [0.2, 0.25) is 0 Å². The summed E-state index contributed by atoms with van der Waals surface area (Å²) in [5.41, 5.74) is -0.980. The zero-order valence-electron chi connectivity index (χ0n) is 8.92. The number of rotatable bonds is 1. The Hall–Kier alpha value is -0.610. The van der Waals surface area contributed by atoms with E-state index >= 15 is 0 Å². The quantitative estimate of drug-likeness (QED) is 0.623. The molecule has 80 valence electrons. The topological polar surface area (TPSA) is 47.6 Å². The highest BCUT2D eigenvalue weighted by Gasteiger charge is 2.53. The largest absolute Gasteiger partial charge is 0.459 e. The molecule has 2 aliphatic heterocycles. The SMILES string of the molecule is CC(C)(C)OC(=O)C12COC(CN1)C2. The van der Waals surface area contributed by atoms with E-state index in [1.165, 1.54) is 0 Å². The highest BCUT2D eigenvalue weighted by atomic mass is 16.6. The molecule has 2 saturated heterocycles. The van der Waals surface area contributed by atoms with Crippen LogP contribution in [-0.2, 0) is 14.3 Å². The van der Waals surface area contributed by atoms with Crippen LogP contribution in [0.1, 0.15) is 27.2 Å². The standard InChI is InChI=1S/C10H17NO3/c1-9(2,3)14-8(12)10-4-7(5-11-10)13-6-10/h7,11H,4-6H2,1-3H3. The number of morpholine rings is 1. The van der Waals surface area contributed by atoms with Gasteiger partial charge in [0.1, 0.15) is 11.1 Å². The van der Waals surface area contributed by atoms with Crippen LogP contribution in [0.2, 0.25) is 0 Å². The summed E-state index contributed by atoms with van der Waals surface area (Å²) >= 11 is 0. The number of ether oxygens (including phenoxy) is 2. The van der Waals surface area contributed by atoms with Crippen molar-refractivity contribution in [3.05, 3.63) is 0 Å². The van der Waals surface area contributed by atoms with Gasteiger partial charge in [-0.05, 0) is 20.8 Å². The maximum atomic E-state index is 11.9. The number of carbonyl (C=O) groups is 1. The lowest BCUT2D eigenvalue weighted by Gasteiger charge is -2.29. The molecule has 0 radical (unpaired) electrons. The van der Waals surface area contributed by atoms with Crippen molar-refractivity contribution in [3.63, 3.8) is 0 Å². The molecular weight excluding hydrogens is 182 g/mol. The summed E-state index contributed by atoms with van der Waals surface area (Å²) in [4.78, 5) is 11.9. The molecule has 2 fully saturated rings. The molecule has 4 heteroatoms. The predicted molar refractivity (Wildman–Crippen MR) is 50.9 cm³/mol. The van der Waals surface area contributed by atoms with Gasteiger partial charge in [0.25, 0.3) is 0 Å². The summed E-state index contributed by atoms with van der Waals surface area (Å²) in [6, 6.07) is 0. The fourth-order valence-corrected chi connectivity index (χ4v) is 1.92. The van der Waals surface area contributed by atoms with Crippen LogP contribution in [0, 0.1) is 0 Å². The molecule has 0 aromatic carbocycles. The van der Waals surface area contributed by atoms with Gasteiger partial charge in [0.15, 0.2) is 0 Å². The highest BCUT2D eigenvalue weighted by molar-refractivity contribution is 5.82. The van der Waals surface area contributed by atoms with E-state index in [-0.39, 0.29) is 12.1 Å². The van der Waals surface area contributed by atoms with E-state index in [9.17, 15) is 4.79 Å². The maximum absolute atomic E-state index is 11.9. The van der Waals surface area contributed by atoms with Crippen LogP contribution in [0.4, 0.5) is 0 Å². The second kappa shape index (κ2) is 2.94. The molecule has 0 aliphatic carbocycles. The van der Waals surface area contributed by atoms with Gasteiger partial charge in [0.05, 0.1) is 12.7 Å². The van der Waals surface area contributed by atoms with Gasteiger partial charge in [0, 0.05) is 13.0 Å². The van der Waals surface area contributed by atoms with E-state index in [1.807, 2.05) is 20.8 Å². The smallest absolute Gasteiger partial charge is 0.329 e. The monoisotopic (exact) mass is 199 g/mol. The first-order valence-electron chi connectivity index (χ1n) is 5.01. The third kappa shape index (κ3) is 1.64. The second-order valence-corrected chi connectivity index (χ2v) is 5.10. The van der Waals surface area contributed by atoms with Crippen molar-refractivity contribution < 1.29 is 14.3 Å². The van der Waals surface area contributed by atoms with Crippen molar-refractivity contribution >= 4 is 5.97 Å². The lowest BCUT2D eigenvalue weighted by Crippen LogP contribution is -2.53. The molecule has 2 heterocycles. The van der Waals surface area contributed by atoms with Crippen LogP contribution in [-0.4, -0.2) is 36.4 Å². The molecule has 0 aromatic rings. The van der Waals surface area contributed by atoms with Gasteiger partial charge in [-0.2, -0.15) is 0 Å². The van der Waals surface area contributed by atoms with Crippen molar-refractivity contribution in [1.29, 1.82) is 0 Å². The number of hydrogen-bond acceptors (Lipinski definition) is 4. The summed E-state index contributed by atoms with van der Waals surface area (Å²) < 4.78 is 10.8. The Kier molecular flexibility index (Phi) is 2.08. The zero-order valence-corrected chi connectivity index (χ0v) is 8.92. The Balaban J connectivity index is 2.04. The summed E-state index contributed by atoms with van der Waals surface area (Å²) in [7, 11) is 0. The number of carbonyl (C=O) groups excluding carboxylic acids is 1. The first-order chi connectivity index (χ1) is 6.41. The average Bonchev–Trinajstić information content (AvgIpc) is 2.60. The van der Waals surface area contributed by atoms with Crippen molar-refractivity contribution in [2.75, 3.05) is 13.2 Å². The van der Waals surface area contributed by atoms with Crippen molar-refractivity contribution in [2.24, 2.45) is 0 Å².